The van der Waals surface area contributed by atoms with Crippen LogP contribution in [-0.4, -0.2) is 30.8 Å². The first-order valence-corrected chi connectivity index (χ1v) is 7.93. The van der Waals surface area contributed by atoms with Crippen LogP contribution < -0.4 is 0 Å². The van der Waals surface area contributed by atoms with Crippen LogP contribution in [0.5, 0.6) is 0 Å². The third-order valence-electron chi connectivity index (χ3n) is 5.00. The fourth-order valence-electron chi connectivity index (χ4n) is 3.67. The van der Waals surface area contributed by atoms with Crippen molar-refractivity contribution in [2.24, 2.45) is 11.3 Å². The maximum Gasteiger partial charge on any atom is 0.127 e. The van der Waals surface area contributed by atoms with Gasteiger partial charge in [-0.3, -0.25) is 0 Å². The minimum Gasteiger partial charge on any atom is -0.303 e. The molecule has 1 unspecified atom stereocenters. The molecule has 0 aromatic rings. The fraction of sp³-hybridized carbons (Fsp3) is 0.938. The highest BCUT2D eigenvalue weighted by molar-refractivity contribution is 5.59. The SMILES string of the molecule is CC1CCCN(CC2(C=O)CCCCCC2)CC1. The van der Waals surface area contributed by atoms with Crippen LogP contribution in [-0.2, 0) is 4.79 Å². The lowest BCUT2D eigenvalue weighted by molar-refractivity contribution is -0.118. The van der Waals surface area contributed by atoms with Crippen molar-refractivity contribution < 1.29 is 4.79 Å². The Morgan fingerprint density at radius 1 is 1.06 bits per heavy atom. The largest absolute Gasteiger partial charge is 0.303 e. The smallest absolute Gasteiger partial charge is 0.127 e. The quantitative estimate of drug-likeness (QED) is 0.564. The van der Waals surface area contributed by atoms with Gasteiger partial charge in [0, 0.05) is 12.0 Å². The number of likely N-dealkylation sites (tertiary alicyclic amines) is 1. The zero-order valence-corrected chi connectivity index (χ0v) is 12.0. The van der Waals surface area contributed by atoms with E-state index in [1.165, 1.54) is 64.3 Å². The Hall–Kier alpha value is -0.370. The van der Waals surface area contributed by atoms with Crippen molar-refractivity contribution in [1.82, 2.24) is 4.90 Å². The van der Waals surface area contributed by atoms with Crippen LogP contribution in [0.1, 0.15) is 64.7 Å². The molecule has 2 nitrogen and oxygen atoms in total. The van der Waals surface area contributed by atoms with Crippen LogP contribution in [0.25, 0.3) is 0 Å². The molecule has 1 aliphatic heterocycles. The zero-order valence-electron chi connectivity index (χ0n) is 12.0. The molecule has 2 aliphatic rings. The summed E-state index contributed by atoms with van der Waals surface area (Å²) in [5, 5.41) is 0. The second kappa shape index (κ2) is 6.70. The third kappa shape index (κ3) is 3.81. The average Bonchev–Trinajstić information content (AvgIpc) is 2.72. The summed E-state index contributed by atoms with van der Waals surface area (Å²) in [6, 6.07) is 0. The first kappa shape index (κ1) is 14.0. The molecule has 104 valence electrons. The maximum atomic E-state index is 11.6. The highest BCUT2D eigenvalue weighted by Gasteiger charge is 2.33. The van der Waals surface area contributed by atoms with Gasteiger partial charge in [0.15, 0.2) is 0 Å². The third-order valence-corrected chi connectivity index (χ3v) is 5.00. The lowest BCUT2D eigenvalue weighted by atomic mass is 9.81. The summed E-state index contributed by atoms with van der Waals surface area (Å²) in [5.41, 5.74) is -0.00984. The molecule has 2 fully saturated rings. The molecule has 18 heavy (non-hydrogen) atoms. The second-order valence-corrected chi connectivity index (χ2v) is 6.71. The Bertz CT molecular complexity index is 256. The summed E-state index contributed by atoms with van der Waals surface area (Å²) in [6.45, 7) is 5.81. The van der Waals surface area contributed by atoms with E-state index in [0.717, 1.165) is 25.3 Å². The van der Waals surface area contributed by atoms with E-state index in [1.807, 2.05) is 0 Å². The molecule has 1 atom stereocenters. The first-order valence-electron chi connectivity index (χ1n) is 7.93. The van der Waals surface area contributed by atoms with Gasteiger partial charge in [-0.05, 0) is 51.1 Å². The number of aldehydes is 1. The summed E-state index contributed by atoms with van der Waals surface area (Å²) in [6.07, 6.45) is 12.7. The molecule has 0 N–H and O–H groups in total. The molecule has 0 amide bonds. The van der Waals surface area contributed by atoms with Crippen molar-refractivity contribution >= 4 is 6.29 Å². The summed E-state index contributed by atoms with van der Waals surface area (Å²) >= 11 is 0. The minimum absolute atomic E-state index is 0.00984. The minimum atomic E-state index is -0.00984. The molecule has 0 aromatic carbocycles. The number of hydrogen-bond acceptors (Lipinski definition) is 2. The summed E-state index contributed by atoms with van der Waals surface area (Å²) < 4.78 is 0. The fourth-order valence-corrected chi connectivity index (χ4v) is 3.67. The van der Waals surface area contributed by atoms with Gasteiger partial charge in [-0.15, -0.1) is 0 Å². The predicted molar refractivity (Wildman–Crippen MR) is 75.7 cm³/mol. The molecule has 1 aliphatic carbocycles. The van der Waals surface area contributed by atoms with Crippen molar-refractivity contribution in [2.45, 2.75) is 64.7 Å². The van der Waals surface area contributed by atoms with Crippen molar-refractivity contribution in [3.63, 3.8) is 0 Å². The Labute approximate surface area is 112 Å². The number of carbonyl (C=O) groups is 1. The normalized spacial score (nSPS) is 30.4. The van der Waals surface area contributed by atoms with Gasteiger partial charge in [-0.2, -0.15) is 0 Å². The number of nitrogens with zero attached hydrogens (tertiary/aromatic N) is 1. The van der Waals surface area contributed by atoms with E-state index in [4.69, 9.17) is 0 Å². The standard InChI is InChI=1S/C16H29NO/c1-15-7-6-11-17(12-8-15)13-16(14-18)9-4-2-3-5-10-16/h14-15H,2-13H2,1H3. The van der Waals surface area contributed by atoms with Crippen LogP contribution in [0.2, 0.25) is 0 Å². The van der Waals surface area contributed by atoms with E-state index in [0.29, 0.717) is 0 Å². The van der Waals surface area contributed by atoms with Gasteiger partial charge in [0.05, 0.1) is 0 Å². The number of rotatable bonds is 3. The monoisotopic (exact) mass is 251 g/mol. The zero-order chi connectivity index (χ0) is 12.8. The molecule has 2 rings (SSSR count). The van der Waals surface area contributed by atoms with E-state index in [2.05, 4.69) is 11.8 Å². The van der Waals surface area contributed by atoms with Gasteiger partial charge < -0.3 is 9.69 Å². The predicted octanol–water partition coefficient (Wildman–Crippen LogP) is 3.65. The average molecular weight is 251 g/mol. The van der Waals surface area contributed by atoms with E-state index in [1.54, 1.807) is 0 Å². The highest BCUT2D eigenvalue weighted by atomic mass is 16.1. The molecule has 0 aromatic heterocycles. The van der Waals surface area contributed by atoms with Gasteiger partial charge in [-0.1, -0.05) is 32.6 Å². The molecule has 0 bridgehead atoms. The highest BCUT2D eigenvalue weighted by Crippen LogP contribution is 2.34. The molecule has 1 saturated heterocycles. The summed E-state index contributed by atoms with van der Waals surface area (Å²) in [5.74, 6) is 0.872. The molecular formula is C16H29NO. The molecule has 0 spiro atoms. The lowest BCUT2D eigenvalue weighted by Crippen LogP contribution is -2.39. The molecule has 2 heteroatoms. The topological polar surface area (TPSA) is 20.3 Å². The number of carbonyl (C=O) groups excluding carboxylic acids is 1. The molecular weight excluding hydrogens is 222 g/mol. The van der Waals surface area contributed by atoms with E-state index >= 15 is 0 Å². The summed E-state index contributed by atoms with van der Waals surface area (Å²) in [7, 11) is 0. The number of hydrogen-bond donors (Lipinski definition) is 0. The molecule has 1 saturated carbocycles. The van der Waals surface area contributed by atoms with Gasteiger partial charge in [0.1, 0.15) is 6.29 Å². The van der Waals surface area contributed by atoms with Gasteiger partial charge in [0.25, 0.3) is 0 Å². The van der Waals surface area contributed by atoms with Crippen LogP contribution in [0.3, 0.4) is 0 Å². The van der Waals surface area contributed by atoms with E-state index < -0.39 is 0 Å². The van der Waals surface area contributed by atoms with E-state index in [9.17, 15) is 4.79 Å². The van der Waals surface area contributed by atoms with Crippen LogP contribution in [0.4, 0.5) is 0 Å². The Balaban J connectivity index is 1.93. The lowest BCUT2D eigenvalue weighted by Gasteiger charge is -2.33. The van der Waals surface area contributed by atoms with Crippen LogP contribution >= 0.6 is 0 Å². The Morgan fingerprint density at radius 2 is 1.78 bits per heavy atom. The Kier molecular flexibility index (Phi) is 5.23. The van der Waals surface area contributed by atoms with Crippen molar-refractivity contribution in [3.8, 4) is 0 Å². The molecule has 1 heterocycles. The first-order chi connectivity index (χ1) is 8.74. The van der Waals surface area contributed by atoms with Crippen molar-refractivity contribution in [3.05, 3.63) is 0 Å². The Morgan fingerprint density at radius 3 is 2.44 bits per heavy atom. The van der Waals surface area contributed by atoms with Gasteiger partial charge in [-0.25, -0.2) is 0 Å². The van der Waals surface area contributed by atoms with E-state index in [-0.39, 0.29) is 5.41 Å². The molecule has 0 radical (unpaired) electrons. The second-order valence-electron chi connectivity index (χ2n) is 6.71. The van der Waals surface area contributed by atoms with Crippen molar-refractivity contribution in [1.29, 1.82) is 0 Å². The van der Waals surface area contributed by atoms with Crippen molar-refractivity contribution in [2.75, 3.05) is 19.6 Å². The van der Waals surface area contributed by atoms with Gasteiger partial charge >= 0.3 is 0 Å². The van der Waals surface area contributed by atoms with Crippen LogP contribution in [0.15, 0.2) is 0 Å². The van der Waals surface area contributed by atoms with Crippen LogP contribution in [0, 0.1) is 11.3 Å². The summed E-state index contributed by atoms with van der Waals surface area (Å²) in [4.78, 5) is 14.2. The van der Waals surface area contributed by atoms with Gasteiger partial charge in [0.2, 0.25) is 0 Å². The maximum absolute atomic E-state index is 11.6.